The maximum absolute atomic E-state index is 13.2. The number of anilines is 2. The van der Waals surface area contributed by atoms with Gasteiger partial charge < -0.3 is 15.1 Å². The second-order valence-electron chi connectivity index (χ2n) is 5.54. The summed E-state index contributed by atoms with van der Waals surface area (Å²) in [7, 11) is 0. The lowest BCUT2D eigenvalue weighted by atomic mass is 10.1. The molecule has 0 aliphatic heterocycles. The van der Waals surface area contributed by atoms with Gasteiger partial charge in [0.1, 0.15) is 5.76 Å². The summed E-state index contributed by atoms with van der Waals surface area (Å²) in [4.78, 5) is 16.1. The van der Waals surface area contributed by atoms with Crippen LogP contribution in [0.5, 0.6) is 0 Å². The molecular weight excluding hydrogens is 383 g/mol. The van der Waals surface area contributed by atoms with Crippen LogP contribution in [0.25, 0.3) is 0 Å². The summed E-state index contributed by atoms with van der Waals surface area (Å²) >= 11 is 5.67. The number of hydrogen-bond donors (Lipinski definition) is 2. The maximum atomic E-state index is 13.2. The summed E-state index contributed by atoms with van der Waals surface area (Å²) in [6.45, 7) is 0.179. The third-order valence-electron chi connectivity index (χ3n) is 3.57. The zero-order valence-corrected chi connectivity index (χ0v) is 14.4. The van der Waals surface area contributed by atoms with E-state index in [1.165, 1.54) is 36.9 Å². The molecule has 3 rings (SSSR count). The molecule has 9 heteroatoms. The Morgan fingerprint density at radius 1 is 1.19 bits per heavy atom. The van der Waals surface area contributed by atoms with Crippen molar-refractivity contribution in [1.82, 2.24) is 10.3 Å². The van der Waals surface area contributed by atoms with E-state index >= 15 is 0 Å². The molecule has 27 heavy (non-hydrogen) atoms. The SMILES string of the molecule is O=C(NCc1ccco1)c1cncc(Nc2ccc(Cl)cc2C(F)(F)F)c1. The number of rotatable bonds is 5. The number of benzene rings is 1. The molecule has 5 nitrogen and oxygen atoms in total. The van der Waals surface area contributed by atoms with Gasteiger partial charge in [-0.3, -0.25) is 9.78 Å². The largest absolute Gasteiger partial charge is 0.467 e. The van der Waals surface area contributed by atoms with Crippen molar-refractivity contribution in [2.24, 2.45) is 0 Å². The molecule has 2 aromatic heterocycles. The fraction of sp³-hybridized carbons (Fsp3) is 0.111. The second-order valence-corrected chi connectivity index (χ2v) is 5.97. The summed E-state index contributed by atoms with van der Waals surface area (Å²) < 4.78 is 44.7. The van der Waals surface area contributed by atoms with Crippen LogP contribution in [0.3, 0.4) is 0 Å². The molecule has 140 valence electrons. The lowest BCUT2D eigenvalue weighted by molar-refractivity contribution is -0.136. The minimum absolute atomic E-state index is 0.0305. The number of alkyl halides is 3. The van der Waals surface area contributed by atoms with E-state index < -0.39 is 17.6 Å². The smallest absolute Gasteiger partial charge is 0.418 e. The van der Waals surface area contributed by atoms with E-state index in [1.54, 1.807) is 12.1 Å². The van der Waals surface area contributed by atoms with Gasteiger partial charge in [0.2, 0.25) is 0 Å². The summed E-state index contributed by atoms with van der Waals surface area (Å²) in [6.07, 6.45) is -0.468. The lowest BCUT2D eigenvalue weighted by Gasteiger charge is -2.15. The Morgan fingerprint density at radius 2 is 2.00 bits per heavy atom. The molecule has 0 unspecified atom stereocenters. The number of halogens is 4. The number of carbonyl (C=O) groups is 1. The van der Waals surface area contributed by atoms with Crippen molar-refractivity contribution in [3.8, 4) is 0 Å². The van der Waals surface area contributed by atoms with E-state index in [-0.39, 0.29) is 28.5 Å². The highest BCUT2D eigenvalue weighted by atomic mass is 35.5. The molecular formula is C18H13ClF3N3O2. The van der Waals surface area contributed by atoms with E-state index in [2.05, 4.69) is 15.6 Å². The van der Waals surface area contributed by atoms with Crippen LogP contribution in [-0.4, -0.2) is 10.9 Å². The lowest BCUT2D eigenvalue weighted by Crippen LogP contribution is -2.22. The second kappa shape index (κ2) is 7.71. The van der Waals surface area contributed by atoms with Crippen LogP contribution in [-0.2, 0) is 12.7 Å². The van der Waals surface area contributed by atoms with Crippen molar-refractivity contribution < 1.29 is 22.4 Å². The molecule has 0 spiro atoms. The Morgan fingerprint density at radius 3 is 2.70 bits per heavy atom. The Bertz CT molecular complexity index is 943. The van der Waals surface area contributed by atoms with Crippen molar-refractivity contribution in [2.45, 2.75) is 12.7 Å². The van der Waals surface area contributed by atoms with Crippen molar-refractivity contribution in [3.05, 3.63) is 77.0 Å². The molecule has 0 radical (unpaired) electrons. The Kier molecular flexibility index (Phi) is 5.36. The average Bonchev–Trinajstić information content (AvgIpc) is 3.14. The molecule has 0 aliphatic carbocycles. The van der Waals surface area contributed by atoms with E-state index in [0.29, 0.717) is 5.76 Å². The fourth-order valence-corrected chi connectivity index (χ4v) is 2.50. The molecule has 0 atom stereocenters. The highest BCUT2D eigenvalue weighted by Gasteiger charge is 2.33. The zero-order chi connectivity index (χ0) is 19.4. The van der Waals surface area contributed by atoms with Crippen LogP contribution < -0.4 is 10.6 Å². The summed E-state index contributed by atoms with van der Waals surface area (Å²) in [5.41, 5.74) is -0.688. The molecule has 2 heterocycles. The number of hydrogen-bond acceptors (Lipinski definition) is 4. The number of carbonyl (C=O) groups excluding carboxylic acids is 1. The number of nitrogens with zero attached hydrogens (tertiary/aromatic N) is 1. The van der Waals surface area contributed by atoms with Gasteiger partial charge in [-0.15, -0.1) is 0 Å². The molecule has 0 bridgehead atoms. The van der Waals surface area contributed by atoms with Crippen molar-refractivity contribution >= 4 is 28.9 Å². The molecule has 1 amide bonds. The molecule has 0 aliphatic rings. The van der Waals surface area contributed by atoms with Crippen LogP contribution in [0.1, 0.15) is 21.7 Å². The number of pyridine rings is 1. The van der Waals surface area contributed by atoms with E-state index in [1.807, 2.05) is 0 Å². The van der Waals surface area contributed by atoms with Gasteiger partial charge in [0.05, 0.1) is 41.5 Å². The zero-order valence-electron chi connectivity index (χ0n) is 13.7. The summed E-state index contributed by atoms with van der Waals surface area (Å²) in [5.74, 6) is 0.135. The minimum Gasteiger partial charge on any atom is -0.467 e. The van der Waals surface area contributed by atoms with E-state index in [0.717, 1.165) is 6.07 Å². The molecule has 3 aromatic rings. The quantitative estimate of drug-likeness (QED) is 0.636. The summed E-state index contributed by atoms with van der Waals surface area (Å²) in [6, 6.07) is 8.19. The topological polar surface area (TPSA) is 67.2 Å². The van der Waals surface area contributed by atoms with Gasteiger partial charge in [0, 0.05) is 11.2 Å². The first kappa shape index (κ1) is 18.8. The predicted molar refractivity (Wildman–Crippen MR) is 93.9 cm³/mol. The van der Waals surface area contributed by atoms with E-state index in [9.17, 15) is 18.0 Å². The standard InChI is InChI=1S/C18H13ClF3N3O2/c19-12-3-4-16(15(7-12)18(20,21)22)25-13-6-11(8-23-9-13)17(26)24-10-14-2-1-5-27-14/h1-9,25H,10H2,(H,24,26). The van der Waals surface area contributed by atoms with Gasteiger partial charge in [-0.1, -0.05) is 11.6 Å². The fourth-order valence-electron chi connectivity index (χ4n) is 2.33. The number of amides is 1. The minimum atomic E-state index is -4.58. The molecule has 0 saturated carbocycles. The Balaban J connectivity index is 1.77. The first-order valence-corrected chi connectivity index (χ1v) is 8.10. The monoisotopic (exact) mass is 395 g/mol. The van der Waals surface area contributed by atoms with Gasteiger partial charge in [0.25, 0.3) is 5.91 Å². The predicted octanol–water partition coefficient (Wildman–Crippen LogP) is 5.02. The van der Waals surface area contributed by atoms with Gasteiger partial charge in [-0.05, 0) is 36.4 Å². The van der Waals surface area contributed by atoms with Crippen LogP contribution in [0.15, 0.2) is 59.5 Å². The number of furan rings is 1. The maximum Gasteiger partial charge on any atom is 0.418 e. The first-order valence-electron chi connectivity index (χ1n) is 7.72. The van der Waals surface area contributed by atoms with Crippen LogP contribution >= 0.6 is 11.6 Å². The van der Waals surface area contributed by atoms with Gasteiger partial charge >= 0.3 is 6.18 Å². The Hall–Kier alpha value is -3.00. The number of nitrogens with one attached hydrogen (secondary N) is 2. The van der Waals surface area contributed by atoms with Crippen molar-refractivity contribution in [3.63, 3.8) is 0 Å². The highest BCUT2D eigenvalue weighted by Crippen LogP contribution is 2.37. The van der Waals surface area contributed by atoms with Gasteiger partial charge in [-0.2, -0.15) is 13.2 Å². The molecule has 2 N–H and O–H groups in total. The Labute approximate surface area is 157 Å². The van der Waals surface area contributed by atoms with Crippen LogP contribution in [0.4, 0.5) is 24.5 Å². The third-order valence-corrected chi connectivity index (χ3v) is 3.80. The molecule has 0 fully saturated rings. The first-order chi connectivity index (χ1) is 12.8. The van der Waals surface area contributed by atoms with Crippen molar-refractivity contribution in [1.29, 1.82) is 0 Å². The van der Waals surface area contributed by atoms with Crippen LogP contribution in [0.2, 0.25) is 5.02 Å². The van der Waals surface area contributed by atoms with Crippen molar-refractivity contribution in [2.75, 3.05) is 5.32 Å². The van der Waals surface area contributed by atoms with Gasteiger partial charge in [-0.25, -0.2) is 0 Å². The molecule has 0 saturated heterocycles. The number of aromatic nitrogens is 1. The summed E-state index contributed by atoms with van der Waals surface area (Å²) in [5, 5.41) is 5.24. The van der Waals surface area contributed by atoms with Crippen LogP contribution in [0, 0.1) is 0 Å². The molecule has 1 aromatic carbocycles. The van der Waals surface area contributed by atoms with E-state index in [4.69, 9.17) is 16.0 Å². The highest BCUT2D eigenvalue weighted by molar-refractivity contribution is 6.30. The normalized spacial score (nSPS) is 11.3. The third kappa shape index (κ3) is 4.79. The average molecular weight is 396 g/mol. The van der Waals surface area contributed by atoms with Gasteiger partial charge in [0.15, 0.2) is 0 Å².